The van der Waals surface area contributed by atoms with Gasteiger partial charge in [-0.3, -0.25) is 14.4 Å². The second-order valence-electron chi connectivity index (χ2n) is 8.62. The third-order valence-electron chi connectivity index (χ3n) is 6.63. The normalized spacial score (nSPS) is 27.9. The van der Waals surface area contributed by atoms with E-state index in [4.69, 9.17) is 4.74 Å². The summed E-state index contributed by atoms with van der Waals surface area (Å²) >= 11 is 0. The van der Waals surface area contributed by atoms with Crippen LogP contribution < -0.4 is 10.6 Å². The Morgan fingerprint density at radius 3 is 2.64 bits per heavy atom. The molecule has 3 heterocycles. The molecule has 2 atom stereocenters. The molecule has 28 heavy (non-hydrogen) atoms. The Balaban J connectivity index is 1.33. The van der Waals surface area contributed by atoms with E-state index in [0.717, 1.165) is 58.5 Å². The molecule has 0 bridgehead atoms. The Morgan fingerprint density at radius 2 is 1.93 bits per heavy atom. The van der Waals surface area contributed by atoms with Gasteiger partial charge < -0.3 is 15.4 Å². The van der Waals surface area contributed by atoms with Crippen LogP contribution in [0.2, 0.25) is 0 Å². The number of carbonyl (C=O) groups is 1. The molecule has 2 N–H and O–H groups in total. The van der Waals surface area contributed by atoms with E-state index in [-0.39, 0.29) is 11.8 Å². The first-order valence-corrected chi connectivity index (χ1v) is 11.1. The molecule has 2 aliphatic heterocycles. The number of ether oxygens (including phenoxy) is 1. The fourth-order valence-electron chi connectivity index (χ4n) is 4.70. The van der Waals surface area contributed by atoms with E-state index in [9.17, 15) is 4.79 Å². The summed E-state index contributed by atoms with van der Waals surface area (Å²) in [5.74, 6) is 0.280. The summed E-state index contributed by atoms with van der Waals surface area (Å²) in [6.45, 7) is 5.00. The van der Waals surface area contributed by atoms with E-state index < -0.39 is 0 Å². The standard InChI is InChI=1S/C21H35N5O2/c27-21(22-10-12-26-11-2-9-23-26)17-5-6-19(24-18-3-1-4-18)16-25(15-17)20-7-13-28-14-8-20/h2,9,11,17-20,24H,1,3-8,10,12-16H2,(H,22,27)/t17-,19+/m1/s1. The Hall–Kier alpha value is -1.44. The van der Waals surface area contributed by atoms with Crippen molar-refractivity contribution in [2.45, 2.75) is 69.6 Å². The Labute approximate surface area is 168 Å². The van der Waals surface area contributed by atoms with E-state index in [0.29, 0.717) is 24.7 Å². The van der Waals surface area contributed by atoms with Crippen molar-refractivity contribution < 1.29 is 9.53 Å². The van der Waals surface area contributed by atoms with Gasteiger partial charge in [0.1, 0.15) is 0 Å². The van der Waals surface area contributed by atoms with Gasteiger partial charge in [-0.05, 0) is 44.6 Å². The van der Waals surface area contributed by atoms with E-state index >= 15 is 0 Å². The Kier molecular flexibility index (Phi) is 6.99. The van der Waals surface area contributed by atoms with Gasteiger partial charge in [0, 0.05) is 63.4 Å². The van der Waals surface area contributed by atoms with Crippen molar-refractivity contribution in [3.63, 3.8) is 0 Å². The Bertz CT molecular complexity index is 598. The number of rotatable bonds is 7. The van der Waals surface area contributed by atoms with Crippen LogP contribution in [-0.2, 0) is 16.1 Å². The first kappa shape index (κ1) is 19.9. The molecule has 4 rings (SSSR count). The van der Waals surface area contributed by atoms with Gasteiger partial charge in [0.2, 0.25) is 5.91 Å². The summed E-state index contributed by atoms with van der Waals surface area (Å²) in [6, 6.07) is 3.67. The molecule has 0 unspecified atom stereocenters. The first-order chi connectivity index (χ1) is 13.8. The van der Waals surface area contributed by atoms with Gasteiger partial charge >= 0.3 is 0 Å². The third-order valence-corrected chi connectivity index (χ3v) is 6.63. The zero-order valence-corrected chi connectivity index (χ0v) is 16.9. The fourth-order valence-corrected chi connectivity index (χ4v) is 4.70. The molecule has 1 saturated carbocycles. The number of likely N-dealkylation sites (tertiary alicyclic amines) is 1. The van der Waals surface area contributed by atoms with Crippen molar-refractivity contribution in [1.29, 1.82) is 0 Å². The van der Waals surface area contributed by atoms with E-state index in [1.54, 1.807) is 6.20 Å². The second kappa shape index (κ2) is 9.85. The predicted octanol–water partition coefficient (Wildman–Crippen LogP) is 1.40. The lowest BCUT2D eigenvalue weighted by Crippen LogP contribution is -2.50. The highest BCUT2D eigenvalue weighted by Gasteiger charge is 2.33. The maximum Gasteiger partial charge on any atom is 0.224 e. The summed E-state index contributed by atoms with van der Waals surface area (Å²) in [5, 5.41) is 11.2. The maximum absolute atomic E-state index is 12.9. The molecule has 2 saturated heterocycles. The lowest BCUT2D eigenvalue weighted by molar-refractivity contribution is -0.126. The van der Waals surface area contributed by atoms with Crippen LogP contribution in [0.4, 0.5) is 0 Å². The minimum absolute atomic E-state index is 0.0775. The van der Waals surface area contributed by atoms with Crippen LogP contribution in [0.15, 0.2) is 18.5 Å². The lowest BCUT2D eigenvalue weighted by atomic mass is 9.91. The molecule has 1 aliphatic carbocycles. The van der Waals surface area contributed by atoms with Gasteiger partial charge in [-0.2, -0.15) is 5.10 Å². The van der Waals surface area contributed by atoms with Crippen molar-refractivity contribution in [3.05, 3.63) is 18.5 Å². The number of aromatic nitrogens is 2. The number of hydrogen-bond donors (Lipinski definition) is 2. The highest BCUT2D eigenvalue weighted by molar-refractivity contribution is 5.78. The second-order valence-corrected chi connectivity index (χ2v) is 8.62. The number of amides is 1. The lowest BCUT2D eigenvalue weighted by Gasteiger charge is -2.38. The largest absolute Gasteiger partial charge is 0.381 e. The van der Waals surface area contributed by atoms with Crippen molar-refractivity contribution >= 4 is 5.91 Å². The van der Waals surface area contributed by atoms with Crippen LogP contribution in [0.5, 0.6) is 0 Å². The van der Waals surface area contributed by atoms with Crippen molar-refractivity contribution in [3.8, 4) is 0 Å². The highest BCUT2D eigenvalue weighted by Crippen LogP contribution is 2.25. The SMILES string of the molecule is O=C(NCCn1cccn1)[C@@H]1CC[C@H](NC2CCC2)CN(C2CCOCC2)C1. The number of nitrogens with one attached hydrogen (secondary N) is 2. The quantitative estimate of drug-likeness (QED) is 0.738. The molecule has 7 heteroatoms. The zero-order chi connectivity index (χ0) is 19.2. The monoisotopic (exact) mass is 389 g/mol. The molecule has 3 fully saturated rings. The van der Waals surface area contributed by atoms with Gasteiger partial charge in [-0.1, -0.05) is 6.42 Å². The first-order valence-electron chi connectivity index (χ1n) is 11.1. The van der Waals surface area contributed by atoms with E-state index in [1.165, 1.54) is 19.3 Å². The summed E-state index contributed by atoms with van der Waals surface area (Å²) in [4.78, 5) is 15.5. The maximum atomic E-state index is 12.9. The molecule has 1 amide bonds. The van der Waals surface area contributed by atoms with Crippen LogP contribution in [0.1, 0.15) is 44.9 Å². The number of hydrogen-bond acceptors (Lipinski definition) is 5. The molecule has 0 aromatic carbocycles. The van der Waals surface area contributed by atoms with Crippen molar-refractivity contribution in [2.75, 3.05) is 32.8 Å². The minimum atomic E-state index is 0.0775. The van der Waals surface area contributed by atoms with Gasteiger partial charge in [0.25, 0.3) is 0 Å². The van der Waals surface area contributed by atoms with Crippen molar-refractivity contribution in [2.24, 2.45) is 5.92 Å². The topological polar surface area (TPSA) is 71.4 Å². The van der Waals surface area contributed by atoms with Crippen LogP contribution >= 0.6 is 0 Å². The van der Waals surface area contributed by atoms with Crippen molar-refractivity contribution in [1.82, 2.24) is 25.3 Å². The van der Waals surface area contributed by atoms with Crippen LogP contribution in [0, 0.1) is 5.92 Å². The van der Waals surface area contributed by atoms with Gasteiger partial charge in [0.15, 0.2) is 0 Å². The summed E-state index contributed by atoms with van der Waals surface area (Å²) < 4.78 is 7.43. The molecule has 0 spiro atoms. The Morgan fingerprint density at radius 1 is 1.07 bits per heavy atom. The number of carbonyl (C=O) groups excluding carboxylic acids is 1. The number of nitrogens with zero attached hydrogens (tertiary/aromatic N) is 3. The molecule has 7 nitrogen and oxygen atoms in total. The fraction of sp³-hybridized carbons (Fsp3) is 0.810. The van der Waals surface area contributed by atoms with E-state index in [1.807, 2.05) is 16.9 Å². The smallest absolute Gasteiger partial charge is 0.224 e. The molecular weight excluding hydrogens is 354 g/mol. The average molecular weight is 390 g/mol. The molecule has 1 aromatic heterocycles. The summed E-state index contributed by atoms with van der Waals surface area (Å²) in [5.41, 5.74) is 0. The third kappa shape index (κ3) is 5.33. The molecule has 3 aliphatic rings. The molecule has 156 valence electrons. The average Bonchev–Trinajstić information content (AvgIpc) is 3.11. The van der Waals surface area contributed by atoms with Crippen LogP contribution in [0.25, 0.3) is 0 Å². The van der Waals surface area contributed by atoms with Crippen LogP contribution in [-0.4, -0.2) is 71.6 Å². The predicted molar refractivity (Wildman–Crippen MR) is 108 cm³/mol. The molecule has 1 aromatic rings. The highest BCUT2D eigenvalue weighted by atomic mass is 16.5. The van der Waals surface area contributed by atoms with E-state index in [2.05, 4.69) is 20.6 Å². The summed E-state index contributed by atoms with van der Waals surface area (Å²) in [6.07, 6.45) is 11.9. The van der Waals surface area contributed by atoms with Gasteiger partial charge in [-0.15, -0.1) is 0 Å². The van der Waals surface area contributed by atoms with Gasteiger partial charge in [-0.25, -0.2) is 0 Å². The minimum Gasteiger partial charge on any atom is -0.381 e. The van der Waals surface area contributed by atoms with Crippen LogP contribution in [0.3, 0.4) is 0 Å². The molecular formula is C21H35N5O2. The van der Waals surface area contributed by atoms with Gasteiger partial charge in [0.05, 0.1) is 12.5 Å². The molecule has 0 radical (unpaired) electrons. The zero-order valence-electron chi connectivity index (χ0n) is 16.9. The summed E-state index contributed by atoms with van der Waals surface area (Å²) in [7, 11) is 0.